The number of aromatic nitrogens is 2. The maximum atomic E-state index is 11.4. The first-order valence-electron chi connectivity index (χ1n) is 4.15. The molecule has 0 aliphatic rings. The van der Waals surface area contributed by atoms with Gasteiger partial charge in [0.25, 0.3) is 5.56 Å². The minimum absolute atomic E-state index is 0.0723. The van der Waals surface area contributed by atoms with Crippen LogP contribution >= 0.6 is 0 Å². The number of nitrogens with one attached hydrogen (secondary N) is 1. The summed E-state index contributed by atoms with van der Waals surface area (Å²) < 4.78 is 0. The first-order chi connectivity index (χ1) is 6.06. The first kappa shape index (κ1) is 9.73. The fourth-order valence-electron chi connectivity index (χ4n) is 1.20. The molecular weight excluding hydrogens is 168 g/mol. The molecule has 0 aromatic carbocycles. The van der Waals surface area contributed by atoms with Crippen molar-refractivity contribution in [3.8, 4) is 0 Å². The van der Waals surface area contributed by atoms with Crippen LogP contribution in [-0.4, -0.2) is 9.97 Å². The highest BCUT2D eigenvalue weighted by atomic mass is 16.1. The van der Waals surface area contributed by atoms with Crippen molar-refractivity contribution < 1.29 is 0 Å². The average molecular weight is 182 g/mol. The number of H-pyrrole nitrogens is 1. The Morgan fingerprint density at radius 3 is 2.54 bits per heavy atom. The third-order valence-corrected chi connectivity index (χ3v) is 1.80. The third-order valence-electron chi connectivity index (χ3n) is 1.80. The van der Waals surface area contributed by atoms with E-state index in [0.29, 0.717) is 11.4 Å². The van der Waals surface area contributed by atoms with Gasteiger partial charge in [0.05, 0.1) is 12.1 Å². The molecule has 0 saturated carbocycles. The average Bonchev–Trinajstić information content (AvgIpc) is 2.02. The topological polar surface area (TPSA) is 97.8 Å². The quantitative estimate of drug-likeness (QED) is 0.596. The molecule has 1 aromatic rings. The van der Waals surface area contributed by atoms with Gasteiger partial charge >= 0.3 is 0 Å². The van der Waals surface area contributed by atoms with E-state index in [9.17, 15) is 4.79 Å². The van der Waals surface area contributed by atoms with Crippen LogP contribution < -0.4 is 17.0 Å². The molecule has 1 rings (SSSR count). The molecule has 5 heteroatoms. The molecule has 1 aromatic heterocycles. The molecule has 0 aliphatic heterocycles. The predicted molar refractivity (Wildman–Crippen MR) is 51.3 cm³/mol. The van der Waals surface area contributed by atoms with Gasteiger partial charge < -0.3 is 16.5 Å². The van der Waals surface area contributed by atoms with E-state index in [4.69, 9.17) is 11.5 Å². The minimum atomic E-state index is -0.192. The van der Waals surface area contributed by atoms with Gasteiger partial charge in [0.2, 0.25) is 0 Å². The van der Waals surface area contributed by atoms with E-state index in [2.05, 4.69) is 9.97 Å². The molecule has 5 N–H and O–H groups in total. The van der Waals surface area contributed by atoms with Gasteiger partial charge in [-0.2, -0.15) is 0 Å². The van der Waals surface area contributed by atoms with Gasteiger partial charge in [-0.1, -0.05) is 13.8 Å². The number of hydrogen-bond donors (Lipinski definition) is 3. The van der Waals surface area contributed by atoms with Crippen molar-refractivity contribution in [3.63, 3.8) is 0 Å². The zero-order chi connectivity index (χ0) is 10.0. The van der Waals surface area contributed by atoms with Crippen molar-refractivity contribution in [2.45, 2.75) is 26.3 Å². The fourth-order valence-corrected chi connectivity index (χ4v) is 1.20. The number of nitrogens with two attached hydrogens (primary N) is 2. The SMILES string of the molecule is CC(C)c1c(N)nc(CN)[nH]c1=O. The van der Waals surface area contributed by atoms with Crippen LogP contribution in [0.2, 0.25) is 0 Å². The van der Waals surface area contributed by atoms with Gasteiger partial charge in [0.15, 0.2) is 0 Å². The van der Waals surface area contributed by atoms with E-state index < -0.39 is 0 Å². The summed E-state index contributed by atoms with van der Waals surface area (Å²) in [5, 5.41) is 0. The van der Waals surface area contributed by atoms with Crippen LogP contribution in [0, 0.1) is 0 Å². The fraction of sp³-hybridized carbons (Fsp3) is 0.500. The number of hydrogen-bond acceptors (Lipinski definition) is 4. The van der Waals surface area contributed by atoms with Crippen molar-refractivity contribution in [3.05, 3.63) is 21.7 Å². The van der Waals surface area contributed by atoms with Gasteiger partial charge in [-0.05, 0) is 5.92 Å². The second-order valence-corrected chi connectivity index (χ2v) is 3.17. The molecule has 0 radical (unpaired) electrons. The molecule has 0 saturated heterocycles. The summed E-state index contributed by atoms with van der Waals surface area (Å²) in [6.45, 7) is 3.98. The molecule has 5 nitrogen and oxygen atoms in total. The Balaban J connectivity index is 3.32. The van der Waals surface area contributed by atoms with Crippen LogP contribution in [0.15, 0.2) is 4.79 Å². The van der Waals surface area contributed by atoms with Crippen LogP contribution in [0.1, 0.15) is 31.2 Å². The molecule has 0 amide bonds. The molecule has 0 spiro atoms. The number of rotatable bonds is 2. The van der Waals surface area contributed by atoms with E-state index in [1.54, 1.807) is 0 Å². The summed E-state index contributed by atoms with van der Waals surface area (Å²) in [6.07, 6.45) is 0. The van der Waals surface area contributed by atoms with Crippen molar-refractivity contribution in [1.82, 2.24) is 9.97 Å². The van der Waals surface area contributed by atoms with Crippen molar-refractivity contribution in [1.29, 1.82) is 0 Å². The number of anilines is 1. The van der Waals surface area contributed by atoms with Gasteiger partial charge in [-0.25, -0.2) is 4.98 Å². The lowest BCUT2D eigenvalue weighted by molar-refractivity contribution is 0.807. The third kappa shape index (κ3) is 1.86. The molecular formula is C8H14N4O. The maximum Gasteiger partial charge on any atom is 0.256 e. The van der Waals surface area contributed by atoms with Crippen LogP contribution in [-0.2, 0) is 6.54 Å². The molecule has 1 heterocycles. The Kier molecular flexibility index (Phi) is 2.67. The van der Waals surface area contributed by atoms with E-state index >= 15 is 0 Å². The maximum absolute atomic E-state index is 11.4. The summed E-state index contributed by atoms with van der Waals surface area (Å²) in [5.74, 6) is 0.772. The second-order valence-electron chi connectivity index (χ2n) is 3.17. The van der Waals surface area contributed by atoms with Crippen LogP contribution in [0.4, 0.5) is 5.82 Å². The Hall–Kier alpha value is -1.36. The largest absolute Gasteiger partial charge is 0.383 e. The second kappa shape index (κ2) is 3.57. The Morgan fingerprint density at radius 1 is 1.54 bits per heavy atom. The zero-order valence-corrected chi connectivity index (χ0v) is 7.79. The molecule has 0 aliphatic carbocycles. The minimum Gasteiger partial charge on any atom is -0.383 e. The molecule has 72 valence electrons. The molecule has 0 atom stereocenters. The van der Waals surface area contributed by atoms with Gasteiger partial charge in [0.1, 0.15) is 11.6 Å². The molecule has 13 heavy (non-hydrogen) atoms. The summed E-state index contributed by atoms with van der Waals surface area (Å²) in [6, 6.07) is 0. The lowest BCUT2D eigenvalue weighted by Gasteiger charge is -2.07. The smallest absolute Gasteiger partial charge is 0.256 e. The van der Waals surface area contributed by atoms with Gasteiger partial charge in [-0.3, -0.25) is 4.79 Å². The Morgan fingerprint density at radius 2 is 2.15 bits per heavy atom. The summed E-state index contributed by atoms with van der Waals surface area (Å²) in [7, 11) is 0. The first-order valence-corrected chi connectivity index (χ1v) is 4.15. The summed E-state index contributed by atoms with van der Waals surface area (Å²) in [5.41, 5.74) is 11.3. The monoisotopic (exact) mass is 182 g/mol. The molecule has 0 unspecified atom stereocenters. The van der Waals surface area contributed by atoms with E-state index in [1.807, 2.05) is 13.8 Å². The highest BCUT2D eigenvalue weighted by Gasteiger charge is 2.11. The van der Waals surface area contributed by atoms with Crippen molar-refractivity contribution >= 4 is 5.82 Å². The Labute approximate surface area is 76.2 Å². The van der Waals surface area contributed by atoms with Crippen molar-refractivity contribution in [2.75, 3.05) is 5.73 Å². The van der Waals surface area contributed by atoms with Gasteiger partial charge in [-0.15, -0.1) is 0 Å². The van der Waals surface area contributed by atoms with E-state index in [-0.39, 0.29) is 23.8 Å². The van der Waals surface area contributed by atoms with E-state index in [0.717, 1.165) is 0 Å². The zero-order valence-electron chi connectivity index (χ0n) is 7.79. The number of nitrogen functional groups attached to an aromatic ring is 1. The molecule has 0 fully saturated rings. The highest BCUT2D eigenvalue weighted by Crippen LogP contribution is 2.14. The van der Waals surface area contributed by atoms with Crippen LogP contribution in [0.3, 0.4) is 0 Å². The van der Waals surface area contributed by atoms with Crippen LogP contribution in [0.25, 0.3) is 0 Å². The highest BCUT2D eigenvalue weighted by molar-refractivity contribution is 5.39. The number of nitrogens with zero attached hydrogens (tertiary/aromatic N) is 1. The lowest BCUT2D eigenvalue weighted by atomic mass is 10.1. The standard InChI is InChI=1S/C8H14N4O/c1-4(2)6-7(10)11-5(3-9)12-8(6)13/h4H,3,9H2,1-2H3,(H3,10,11,12,13). The van der Waals surface area contributed by atoms with Gasteiger partial charge in [0, 0.05) is 0 Å². The lowest BCUT2D eigenvalue weighted by Crippen LogP contribution is -2.22. The Bertz CT molecular complexity index is 356. The molecule has 0 bridgehead atoms. The normalized spacial score (nSPS) is 10.8. The van der Waals surface area contributed by atoms with Crippen LogP contribution in [0.5, 0.6) is 0 Å². The number of aromatic amines is 1. The van der Waals surface area contributed by atoms with Crippen molar-refractivity contribution in [2.24, 2.45) is 5.73 Å². The summed E-state index contributed by atoms with van der Waals surface area (Å²) >= 11 is 0. The summed E-state index contributed by atoms with van der Waals surface area (Å²) in [4.78, 5) is 18.0. The predicted octanol–water partition coefficient (Wildman–Crippen LogP) is -0.0658. The van der Waals surface area contributed by atoms with E-state index in [1.165, 1.54) is 0 Å².